The molecule has 16 heavy (non-hydrogen) atoms. The van der Waals surface area contributed by atoms with Crippen LogP contribution < -0.4 is 16.6 Å². The molecule has 2 aromatic rings. The monoisotopic (exact) mass is 222 g/mol. The molecule has 84 valence electrons. The van der Waals surface area contributed by atoms with E-state index in [-0.39, 0.29) is 11.7 Å². The summed E-state index contributed by atoms with van der Waals surface area (Å²) in [4.78, 5) is 17.5. The Morgan fingerprint density at radius 3 is 3.06 bits per heavy atom. The summed E-state index contributed by atoms with van der Waals surface area (Å²) in [6.45, 7) is 1.80. The lowest BCUT2D eigenvalue weighted by molar-refractivity contribution is 0.787. The van der Waals surface area contributed by atoms with Crippen molar-refractivity contribution in [2.45, 2.75) is 13.0 Å². The van der Waals surface area contributed by atoms with Gasteiger partial charge in [0, 0.05) is 0 Å². The number of hydrogen-bond donors (Lipinski definition) is 4. The summed E-state index contributed by atoms with van der Waals surface area (Å²) in [7, 11) is 0. The van der Waals surface area contributed by atoms with Crippen LogP contribution in [0.5, 0.6) is 0 Å². The fourth-order valence-corrected chi connectivity index (χ4v) is 1.15. The van der Waals surface area contributed by atoms with E-state index >= 15 is 0 Å². The average molecular weight is 222 g/mol. The summed E-state index contributed by atoms with van der Waals surface area (Å²) >= 11 is 0. The van der Waals surface area contributed by atoms with Crippen molar-refractivity contribution in [2.24, 2.45) is 0 Å². The van der Waals surface area contributed by atoms with Crippen LogP contribution >= 0.6 is 0 Å². The van der Waals surface area contributed by atoms with Crippen molar-refractivity contribution < 1.29 is 0 Å². The molecule has 0 amide bonds. The van der Waals surface area contributed by atoms with Crippen LogP contribution in [0.25, 0.3) is 0 Å². The van der Waals surface area contributed by atoms with Gasteiger partial charge in [-0.05, 0) is 6.92 Å². The first-order valence-electron chi connectivity index (χ1n) is 4.51. The van der Waals surface area contributed by atoms with E-state index in [2.05, 4.69) is 35.9 Å². The molecule has 9 nitrogen and oxygen atoms in total. The van der Waals surface area contributed by atoms with Crippen molar-refractivity contribution in [2.75, 3.05) is 11.1 Å². The molecule has 5 N–H and O–H groups in total. The predicted octanol–water partition coefficient (Wildman–Crippen LogP) is -0.962. The van der Waals surface area contributed by atoms with E-state index in [1.807, 2.05) is 0 Å². The minimum absolute atomic E-state index is 0.0258. The van der Waals surface area contributed by atoms with E-state index in [0.717, 1.165) is 0 Å². The Labute approximate surface area is 89.5 Å². The molecule has 1 unspecified atom stereocenters. The van der Waals surface area contributed by atoms with Gasteiger partial charge in [0.1, 0.15) is 5.69 Å². The quantitative estimate of drug-likeness (QED) is 0.524. The second-order valence-electron chi connectivity index (χ2n) is 3.13. The number of nitrogens with two attached hydrogens (primary N) is 1. The topological polar surface area (TPSA) is 138 Å². The maximum absolute atomic E-state index is 11.2. The Morgan fingerprint density at radius 2 is 2.38 bits per heavy atom. The molecule has 9 heteroatoms. The fraction of sp³-hybridized carbons (Fsp3) is 0.286. The zero-order valence-corrected chi connectivity index (χ0v) is 8.43. The third-order valence-electron chi connectivity index (χ3n) is 1.99. The normalized spacial score (nSPS) is 12.3. The average Bonchev–Trinajstić information content (AvgIpc) is 2.78. The van der Waals surface area contributed by atoms with Gasteiger partial charge < -0.3 is 16.0 Å². The van der Waals surface area contributed by atoms with Crippen molar-refractivity contribution in [1.29, 1.82) is 0 Å². The Kier molecular flexibility index (Phi) is 2.50. The molecule has 0 bridgehead atoms. The minimum Gasteiger partial charge on any atom is -0.391 e. The molecular formula is C7H10N8O. The molecule has 0 spiro atoms. The SMILES string of the molecule is CC(Nc1nc[nH]c(=O)c1N)c1nn[nH]n1. The van der Waals surface area contributed by atoms with Crippen molar-refractivity contribution in [3.63, 3.8) is 0 Å². The number of aromatic amines is 2. The number of H-pyrrole nitrogens is 2. The van der Waals surface area contributed by atoms with Gasteiger partial charge in [0.25, 0.3) is 5.56 Å². The molecule has 2 aromatic heterocycles. The molecule has 0 saturated carbocycles. The van der Waals surface area contributed by atoms with Gasteiger partial charge in [0.15, 0.2) is 11.6 Å². The molecule has 0 aliphatic carbocycles. The van der Waals surface area contributed by atoms with Crippen LogP contribution in [0.15, 0.2) is 11.1 Å². The number of anilines is 2. The Balaban J connectivity index is 2.21. The van der Waals surface area contributed by atoms with E-state index < -0.39 is 5.56 Å². The highest BCUT2D eigenvalue weighted by molar-refractivity contribution is 5.59. The van der Waals surface area contributed by atoms with Crippen molar-refractivity contribution in [1.82, 2.24) is 30.6 Å². The zero-order valence-electron chi connectivity index (χ0n) is 8.43. The molecule has 2 heterocycles. The second kappa shape index (κ2) is 3.96. The van der Waals surface area contributed by atoms with Crippen molar-refractivity contribution >= 4 is 11.5 Å². The van der Waals surface area contributed by atoms with Crippen LogP contribution in [0.3, 0.4) is 0 Å². The molecule has 0 aliphatic heterocycles. The smallest absolute Gasteiger partial charge is 0.276 e. The first-order chi connectivity index (χ1) is 7.68. The van der Waals surface area contributed by atoms with Crippen LogP contribution in [-0.4, -0.2) is 30.6 Å². The molecule has 1 atom stereocenters. The number of tetrazole rings is 1. The molecule has 2 rings (SSSR count). The number of rotatable bonds is 3. The predicted molar refractivity (Wildman–Crippen MR) is 55.5 cm³/mol. The van der Waals surface area contributed by atoms with Crippen LogP contribution in [0, 0.1) is 0 Å². The number of nitrogen functional groups attached to an aromatic ring is 1. The van der Waals surface area contributed by atoms with E-state index in [0.29, 0.717) is 11.6 Å². The number of nitrogens with one attached hydrogen (secondary N) is 3. The van der Waals surface area contributed by atoms with Crippen LogP contribution in [-0.2, 0) is 0 Å². The number of nitrogens with zero attached hydrogens (tertiary/aromatic N) is 4. The van der Waals surface area contributed by atoms with Gasteiger partial charge >= 0.3 is 0 Å². The number of aromatic nitrogens is 6. The summed E-state index contributed by atoms with van der Waals surface area (Å²) in [5, 5.41) is 16.3. The highest BCUT2D eigenvalue weighted by atomic mass is 16.1. The van der Waals surface area contributed by atoms with E-state index in [1.54, 1.807) is 6.92 Å². The van der Waals surface area contributed by atoms with Gasteiger partial charge in [-0.1, -0.05) is 5.21 Å². The van der Waals surface area contributed by atoms with Gasteiger partial charge in [-0.2, -0.15) is 5.21 Å². The lowest BCUT2D eigenvalue weighted by Crippen LogP contribution is -2.18. The van der Waals surface area contributed by atoms with Gasteiger partial charge in [-0.15, -0.1) is 10.2 Å². The van der Waals surface area contributed by atoms with Gasteiger partial charge in [0.2, 0.25) is 0 Å². The summed E-state index contributed by atoms with van der Waals surface area (Å²) in [6, 6.07) is -0.254. The Morgan fingerprint density at radius 1 is 1.56 bits per heavy atom. The van der Waals surface area contributed by atoms with Crippen molar-refractivity contribution in [3.05, 3.63) is 22.5 Å². The molecule has 0 radical (unpaired) electrons. The third kappa shape index (κ3) is 1.82. The lowest BCUT2D eigenvalue weighted by Gasteiger charge is -2.11. The summed E-state index contributed by atoms with van der Waals surface area (Å²) in [5.74, 6) is 0.752. The molecule has 0 saturated heterocycles. The van der Waals surface area contributed by atoms with Gasteiger partial charge in [-0.25, -0.2) is 4.98 Å². The maximum Gasteiger partial charge on any atom is 0.276 e. The molecular weight excluding hydrogens is 212 g/mol. The van der Waals surface area contributed by atoms with Crippen LogP contribution in [0.4, 0.5) is 11.5 Å². The van der Waals surface area contributed by atoms with Crippen molar-refractivity contribution in [3.8, 4) is 0 Å². The zero-order chi connectivity index (χ0) is 11.5. The summed E-state index contributed by atoms with van der Waals surface area (Å²) < 4.78 is 0. The first-order valence-corrected chi connectivity index (χ1v) is 4.51. The summed E-state index contributed by atoms with van der Waals surface area (Å²) in [5.41, 5.74) is 5.19. The highest BCUT2D eigenvalue weighted by Gasteiger charge is 2.13. The lowest BCUT2D eigenvalue weighted by atomic mass is 10.3. The molecule has 0 aromatic carbocycles. The Bertz CT molecular complexity index is 517. The highest BCUT2D eigenvalue weighted by Crippen LogP contribution is 2.15. The first kappa shape index (κ1) is 10.1. The van der Waals surface area contributed by atoms with Crippen LogP contribution in [0.2, 0.25) is 0 Å². The van der Waals surface area contributed by atoms with E-state index in [4.69, 9.17) is 5.73 Å². The van der Waals surface area contributed by atoms with Gasteiger partial charge in [-0.3, -0.25) is 4.79 Å². The second-order valence-corrected chi connectivity index (χ2v) is 3.13. The molecule has 0 aliphatic rings. The van der Waals surface area contributed by atoms with E-state index in [1.165, 1.54) is 6.33 Å². The largest absolute Gasteiger partial charge is 0.391 e. The molecule has 0 fully saturated rings. The maximum atomic E-state index is 11.2. The third-order valence-corrected chi connectivity index (χ3v) is 1.99. The van der Waals surface area contributed by atoms with E-state index in [9.17, 15) is 4.79 Å². The fourth-order valence-electron chi connectivity index (χ4n) is 1.15. The Hall–Kier alpha value is -2.45. The van der Waals surface area contributed by atoms with Gasteiger partial charge in [0.05, 0.1) is 12.4 Å². The summed E-state index contributed by atoms with van der Waals surface area (Å²) in [6.07, 6.45) is 1.27. The minimum atomic E-state index is -0.391. The number of hydrogen-bond acceptors (Lipinski definition) is 7. The van der Waals surface area contributed by atoms with Crippen LogP contribution in [0.1, 0.15) is 18.8 Å². The standard InChI is InChI=1S/C7H10N8O/c1-3(5-12-14-15-13-5)11-6-4(8)7(16)10-2-9-6/h2-3H,8H2,1H3,(H2,9,10,11,16)(H,12,13,14,15).